The zero-order chi connectivity index (χ0) is 13.2. The molecule has 18 heavy (non-hydrogen) atoms. The molecule has 3 heteroatoms. The molecule has 0 aromatic carbocycles. The zero-order valence-electron chi connectivity index (χ0n) is 12.5. The van der Waals surface area contributed by atoms with E-state index in [0.717, 1.165) is 25.7 Å². The summed E-state index contributed by atoms with van der Waals surface area (Å²) in [5.74, 6) is 0.760. The van der Waals surface area contributed by atoms with Gasteiger partial charge < -0.3 is 10.1 Å². The molecule has 0 aromatic rings. The molecule has 0 spiro atoms. The van der Waals surface area contributed by atoms with Gasteiger partial charge in [-0.25, -0.2) is 0 Å². The molecule has 2 aliphatic rings. The first kappa shape index (κ1) is 14.3. The molecular formula is C15H30N2O. The summed E-state index contributed by atoms with van der Waals surface area (Å²) in [6.07, 6.45) is 3.68. The van der Waals surface area contributed by atoms with Gasteiger partial charge in [0.15, 0.2) is 0 Å². The molecule has 2 heterocycles. The predicted molar refractivity (Wildman–Crippen MR) is 75.9 cm³/mol. The summed E-state index contributed by atoms with van der Waals surface area (Å²) in [4.78, 5) is 2.74. The maximum absolute atomic E-state index is 5.61. The third-order valence-corrected chi connectivity index (χ3v) is 5.27. The van der Waals surface area contributed by atoms with Crippen molar-refractivity contribution in [3.8, 4) is 0 Å². The molecule has 2 rings (SSSR count). The van der Waals surface area contributed by atoms with Crippen LogP contribution in [0.5, 0.6) is 0 Å². The van der Waals surface area contributed by atoms with Crippen LogP contribution in [0.1, 0.15) is 47.0 Å². The number of rotatable bonds is 4. The van der Waals surface area contributed by atoms with Gasteiger partial charge in [-0.05, 0) is 25.7 Å². The Morgan fingerprint density at radius 3 is 2.78 bits per heavy atom. The molecule has 0 aliphatic carbocycles. The van der Waals surface area contributed by atoms with Crippen molar-refractivity contribution >= 4 is 0 Å². The highest BCUT2D eigenvalue weighted by Crippen LogP contribution is 2.30. The van der Waals surface area contributed by atoms with E-state index in [4.69, 9.17) is 4.74 Å². The van der Waals surface area contributed by atoms with Crippen molar-refractivity contribution in [3.63, 3.8) is 0 Å². The molecule has 2 fully saturated rings. The maximum Gasteiger partial charge on any atom is 0.0622 e. The highest BCUT2D eigenvalue weighted by molar-refractivity contribution is 4.99. The van der Waals surface area contributed by atoms with Crippen LogP contribution in [0.4, 0.5) is 0 Å². The second-order valence-corrected chi connectivity index (χ2v) is 6.39. The molecule has 3 nitrogen and oxygen atoms in total. The maximum atomic E-state index is 5.61. The van der Waals surface area contributed by atoms with Crippen molar-refractivity contribution in [2.24, 2.45) is 5.92 Å². The third-order valence-electron chi connectivity index (χ3n) is 5.27. The van der Waals surface area contributed by atoms with E-state index in [2.05, 4.69) is 37.9 Å². The molecule has 0 aromatic heterocycles. The summed E-state index contributed by atoms with van der Waals surface area (Å²) in [5, 5.41) is 3.78. The number of ether oxygens (including phenoxy) is 1. The van der Waals surface area contributed by atoms with Crippen LogP contribution in [0.15, 0.2) is 0 Å². The van der Waals surface area contributed by atoms with Gasteiger partial charge in [0.25, 0.3) is 0 Å². The van der Waals surface area contributed by atoms with E-state index in [-0.39, 0.29) is 0 Å². The molecule has 1 N–H and O–H groups in total. The standard InChI is InChI=1S/C15H30N2O/c1-5-12(3)14-9-17(13-7-8-18-10-13)15(4,6-2)11-16-14/h12-14,16H,5-11H2,1-4H3. The van der Waals surface area contributed by atoms with Crippen LogP contribution >= 0.6 is 0 Å². The van der Waals surface area contributed by atoms with Gasteiger partial charge in [0.1, 0.15) is 0 Å². The van der Waals surface area contributed by atoms with E-state index >= 15 is 0 Å². The highest BCUT2D eigenvalue weighted by Gasteiger charge is 2.41. The minimum absolute atomic E-state index is 0.308. The van der Waals surface area contributed by atoms with Crippen LogP contribution < -0.4 is 5.32 Å². The van der Waals surface area contributed by atoms with Crippen molar-refractivity contribution in [1.29, 1.82) is 0 Å². The fourth-order valence-corrected chi connectivity index (χ4v) is 3.30. The van der Waals surface area contributed by atoms with Gasteiger partial charge in [0.2, 0.25) is 0 Å². The SMILES string of the molecule is CCC(C)C1CN(C2CCOC2)C(C)(CC)CN1. The summed E-state index contributed by atoms with van der Waals surface area (Å²) >= 11 is 0. The first-order valence-electron chi connectivity index (χ1n) is 7.68. The van der Waals surface area contributed by atoms with Crippen LogP contribution in [0.2, 0.25) is 0 Å². The van der Waals surface area contributed by atoms with E-state index in [1.54, 1.807) is 0 Å². The molecule has 0 bridgehead atoms. The number of nitrogens with zero attached hydrogens (tertiary/aromatic N) is 1. The fourth-order valence-electron chi connectivity index (χ4n) is 3.30. The monoisotopic (exact) mass is 254 g/mol. The Kier molecular flexibility index (Phi) is 4.68. The average Bonchev–Trinajstić information content (AvgIpc) is 2.92. The summed E-state index contributed by atoms with van der Waals surface area (Å²) in [6.45, 7) is 13.6. The van der Waals surface area contributed by atoms with E-state index in [1.807, 2.05) is 0 Å². The van der Waals surface area contributed by atoms with Gasteiger partial charge in [0.05, 0.1) is 6.61 Å². The molecule has 0 radical (unpaired) electrons. The van der Waals surface area contributed by atoms with E-state index in [1.165, 1.54) is 25.8 Å². The Balaban J connectivity index is 2.08. The highest BCUT2D eigenvalue weighted by atomic mass is 16.5. The Bertz CT molecular complexity index is 265. The summed E-state index contributed by atoms with van der Waals surface area (Å²) in [7, 11) is 0. The lowest BCUT2D eigenvalue weighted by Crippen LogP contribution is -2.66. The molecule has 0 saturated carbocycles. The first-order chi connectivity index (χ1) is 8.60. The number of piperazine rings is 1. The van der Waals surface area contributed by atoms with Gasteiger partial charge >= 0.3 is 0 Å². The number of hydrogen-bond acceptors (Lipinski definition) is 3. The van der Waals surface area contributed by atoms with Crippen molar-refractivity contribution in [1.82, 2.24) is 10.2 Å². The largest absolute Gasteiger partial charge is 0.380 e. The van der Waals surface area contributed by atoms with Crippen LogP contribution in [0.3, 0.4) is 0 Å². The average molecular weight is 254 g/mol. The van der Waals surface area contributed by atoms with Crippen LogP contribution in [-0.4, -0.2) is 48.8 Å². The lowest BCUT2D eigenvalue weighted by molar-refractivity contribution is -0.00295. The van der Waals surface area contributed by atoms with E-state index < -0.39 is 0 Å². The molecule has 4 unspecified atom stereocenters. The Morgan fingerprint density at radius 1 is 1.44 bits per heavy atom. The predicted octanol–water partition coefficient (Wildman–Crippen LogP) is 2.26. The molecule has 0 amide bonds. The summed E-state index contributed by atoms with van der Waals surface area (Å²) < 4.78 is 5.61. The minimum atomic E-state index is 0.308. The van der Waals surface area contributed by atoms with Gasteiger partial charge in [-0.3, -0.25) is 4.90 Å². The van der Waals surface area contributed by atoms with Gasteiger partial charge in [-0.15, -0.1) is 0 Å². The van der Waals surface area contributed by atoms with Crippen molar-refractivity contribution in [2.45, 2.75) is 64.6 Å². The normalized spacial score (nSPS) is 40.0. The summed E-state index contributed by atoms with van der Waals surface area (Å²) in [6, 6.07) is 1.29. The Labute approximate surface area is 112 Å². The van der Waals surface area contributed by atoms with Gasteiger partial charge in [-0.1, -0.05) is 27.2 Å². The lowest BCUT2D eigenvalue weighted by atomic mass is 9.86. The van der Waals surface area contributed by atoms with Crippen LogP contribution in [-0.2, 0) is 4.74 Å². The second-order valence-electron chi connectivity index (χ2n) is 6.39. The molecule has 2 saturated heterocycles. The van der Waals surface area contributed by atoms with Crippen molar-refractivity contribution in [2.75, 3.05) is 26.3 Å². The molecule has 4 atom stereocenters. The second kappa shape index (κ2) is 5.89. The first-order valence-corrected chi connectivity index (χ1v) is 7.68. The van der Waals surface area contributed by atoms with Crippen molar-refractivity contribution < 1.29 is 4.74 Å². The van der Waals surface area contributed by atoms with Crippen LogP contribution in [0.25, 0.3) is 0 Å². The molecule has 2 aliphatic heterocycles. The Hall–Kier alpha value is -0.120. The minimum Gasteiger partial charge on any atom is -0.380 e. The molecular weight excluding hydrogens is 224 g/mol. The lowest BCUT2D eigenvalue weighted by Gasteiger charge is -2.51. The van der Waals surface area contributed by atoms with Crippen LogP contribution in [0, 0.1) is 5.92 Å². The fraction of sp³-hybridized carbons (Fsp3) is 1.00. The number of hydrogen-bond donors (Lipinski definition) is 1. The van der Waals surface area contributed by atoms with Gasteiger partial charge in [0, 0.05) is 37.3 Å². The smallest absolute Gasteiger partial charge is 0.0622 e. The summed E-state index contributed by atoms with van der Waals surface area (Å²) in [5.41, 5.74) is 0.308. The third kappa shape index (κ3) is 2.73. The van der Waals surface area contributed by atoms with E-state index in [0.29, 0.717) is 17.6 Å². The van der Waals surface area contributed by atoms with Crippen molar-refractivity contribution in [3.05, 3.63) is 0 Å². The topological polar surface area (TPSA) is 24.5 Å². The number of nitrogens with one attached hydrogen (secondary N) is 1. The molecule has 106 valence electrons. The van der Waals surface area contributed by atoms with E-state index in [9.17, 15) is 0 Å². The quantitative estimate of drug-likeness (QED) is 0.833. The zero-order valence-corrected chi connectivity index (χ0v) is 12.5. The van der Waals surface area contributed by atoms with Gasteiger partial charge in [-0.2, -0.15) is 0 Å². The Morgan fingerprint density at radius 2 is 2.22 bits per heavy atom.